The summed E-state index contributed by atoms with van der Waals surface area (Å²) in [5, 5.41) is 3.30. The number of alkyl halides is 3. The predicted octanol–water partition coefficient (Wildman–Crippen LogP) is 3.52. The van der Waals surface area contributed by atoms with E-state index < -0.39 is 38.4 Å². The minimum atomic E-state index is -4.77. The van der Waals surface area contributed by atoms with Gasteiger partial charge in [-0.15, -0.1) is 0 Å². The summed E-state index contributed by atoms with van der Waals surface area (Å²) in [6.07, 6.45) is -2.01. The number of nitrogens with zero attached hydrogens (tertiary/aromatic N) is 4. The van der Waals surface area contributed by atoms with Gasteiger partial charge in [0, 0.05) is 18.0 Å². The van der Waals surface area contributed by atoms with Crippen molar-refractivity contribution in [1.29, 1.82) is 0 Å². The fourth-order valence-electron chi connectivity index (χ4n) is 2.67. The van der Waals surface area contributed by atoms with Crippen molar-refractivity contribution < 1.29 is 30.5 Å². The van der Waals surface area contributed by atoms with Crippen LogP contribution in [-0.2, 0) is 21.8 Å². The van der Waals surface area contributed by atoms with E-state index in [1.54, 1.807) is 0 Å². The Balaban J connectivity index is 1.65. The first-order chi connectivity index (χ1) is 13.6. The van der Waals surface area contributed by atoms with Gasteiger partial charge >= 0.3 is 12.1 Å². The predicted molar refractivity (Wildman–Crippen MR) is 90.8 cm³/mol. The minimum Gasteiger partial charge on any atom is -0.329 e. The second kappa shape index (κ2) is 6.65. The average molecular weight is 426 g/mol. The molecule has 0 atom stereocenters. The van der Waals surface area contributed by atoms with Crippen molar-refractivity contribution in [3.8, 4) is 11.4 Å². The van der Waals surface area contributed by atoms with Gasteiger partial charge in [0.15, 0.2) is 9.84 Å². The van der Waals surface area contributed by atoms with E-state index in [2.05, 4.69) is 19.6 Å². The maximum atomic E-state index is 13.8. The molecule has 4 rings (SSSR count). The molecule has 150 valence electrons. The number of halogens is 4. The lowest BCUT2D eigenvalue weighted by molar-refractivity contribution is -0.159. The van der Waals surface area contributed by atoms with Crippen LogP contribution in [0.4, 0.5) is 17.6 Å². The zero-order chi connectivity index (χ0) is 20.8. The van der Waals surface area contributed by atoms with Crippen LogP contribution in [-0.4, -0.2) is 27.9 Å². The van der Waals surface area contributed by atoms with Crippen LogP contribution in [0.25, 0.3) is 17.0 Å². The molecule has 3 aromatic heterocycles. The van der Waals surface area contributed by atoms with E-state index in [9.17, 15) is 26.0 Å². The van der Waals surface area contributed by atoms with Gasteiger partial charge in [-0.1, -0.05) is 17.3 Å². The summed E-state index contributed by atoms with van der Waals surface area (Å²) in [5.74, 6) is -3.18. The molecule has 12 heteroatoms. The van der Waals surface area contributed by atoms with Crippen molar-refractivity contribution in [2.75, 3.05) is 0 Å². The Morgan fingerprint density at radius 2 is 1.79 bits per heavy atom. The Morgan fingerprint density at radius 1 is 1.03 bits per heavy atom. The molecule has 0 fully saturated rings. The zero-order valence-corrected chi connectivity index (χ0v) is 15.1. The van der Waals surface area contributed by atoms with Crippen molar-refractivity contribution in [1.82, 2.24) is 19.5 Å². The van der Waals surface area contributed by atoms with Gasteiger partial charge in [0.05, 0.1) is 11.4 Å². The largest absolute Gasteiger partial charge is 0.471 e. The fourth-order valence-corrected chi connectivity index (χ4v) is 4.01. The fraction of sp³-hybridized carbons (Fsp3) is 0.118. The Labute approximate surface area is 160 Å². The highest BCUT2D eigenvalue weighted by Gasteiger charge is 2.38. The highest BCUT2D eigenvalue weighted by Crippen LogP contribution is 2.29. The van der Waals surface area contributed by atoms with E-state index in [1.165, 1.54) is 41.1 Å². The van der Waals surface area contributed by atoms with Crippen molar-refractivity contribution in [3.05, 3.63) is 66.2 Å². The normalized spacial score (nSPS) is 12.6. The molecule has 29 heavy (non-hydrogen) atoms. The first-order valence-electron chi connectivity index (χ1n) is 8.00. The lowest BCUT2D eigenvalue weighted by atomic mass is 10.3. The quantitative estimate of drug-likeness (QED) is 0.464. The van der Waals surface area contributed by atoms with Gasteiger partial charge in [-0.25, -0.2) is 17.8 Å². The second-order valence-corrected chi connectivity index (χ2v) is 7.98. The van der Waals surface area contributed by atoms with Crippen molar-refractivity contribution in [2.24, 2.45) is 0 Å². The van der Waals surface area contributed by atoms with Crippen molar-refractivity contribution in [2.45, 2.75) is 16.8 Å². The first kappa shape index (κ1) is 19.1. The Morgan fingerprint density at radius 3 is 2.48 bits per heavy atom. The highest BCUT2D eigenvalue weighted by molar-refractivity contribution is 7.90. The number of aromatic nitrogens is 4. The number of fused-ring (bicyclic) bond motifs is 1. The summed E-state index contributed by atoms with van der Waals surface area (Å²) >= 11 is 0. The lowest BCUT2D eigenvalue weighted by Crippen LogP contribution is -2.07. The van der Waals surface area contributed by atoms with Gasteiger partial charge < -0.3 is 8.92 Å². The third kappa shape index (κ3) is 3.70. The molecule has 0 unspecified atom stereocenters. The van der Waals surface area contributed by atoms with E-state index in [0.717, 1.165) is 12.1 Å². The number of hydrogen-bond donors (Lipinski definition) is 0. The molecule has 1 aromatic carbocycles. The van der Waals surface area contributed by atoms with Gasteiger partial charge in [-0.2, -0.15) is 18.2 Å². The van der Waals surface area contributed by atoms with Gasteiger partial charge in [-0.3, -0.25) is 0 Å². The molecule has 0 amide bonds. The summed E-state index contributed by atoms with van der Waals surface area (Å²) < 4.78 is 82.1. The molecule has 0 radical (unpaired) electrons. The molecular weight excluding hydrogens is 416 g/mol. The third-order valence-corrected chi connectivity index (χ3v) is 5.61. The van der Waals surface area contributed by atoms with Crippen molar-refractivity contribution >= 4 is 15.5 Å². The molecule has 0 aliphatic rings. The number of pyridine rings is 1. The minimum absolute atomic E-state index is 0.134. The van der Waals surface area contributed by atoms with Gasteiger partial charge in [0.25, 0.3) is 0 Å². The third-order valence-electron chi connectivity index (χ3n) is 3.94. The summed E-state index contributed by atoms with van der Waals surface area (Å²) in [7, 11) is -3.98. The molecule has 0 aliphatic carbocycles. The lowest BCUT2D eigenvalue weighted by Gasteiger charge is -2.03. The second-order valence-electron chi connectivity index (χ2n) is 6.03. The molecular formula is C17H10F4N4O3S. The number of hydrogen-bond acceptors (Lipinski definition) is 6. The molecule has 0 bridgehead atoms. The Kier molecular flexibility index (Phi) is 4.37. The topological polar surface area (TPSA) is 90.4 Å². The first-order valence-corrected chi connectivity index (χ1v) is 9.65. The summed E-state index contributed by atoms with van der Waals surface area (Å²) in [5.41, 5.74) is 0.680. The van der Waals surface area contributed by atoms with Crippen LogP contribution in [0.1, 0.15) is 11.6 Å². The molecule has 7 nitrogen and oxygen atoms in total. The van der Waals surface area contributed by atoms with E-state index >= 15 is 0 Å². The van der Waals surface area contributed by atoms with Crippen LogP contribution in [0.2, 0.25) is 0 Å². The molecule has 0 saturated heterocycles. The van der Waals surface area contributed by atoms with Gasteiger partial charge in [0.2, 0.25) is 5.82 Å². The van der Waals surface area contributed by atoms with E-state index in [0.29, 0.717) is 5.65 Å². The number of rotatable bonds is 4. The Bertz CT molecular complexity index is 1310. The van der Waals surface area contributed by atoms with E-state index in [1.807, 2.05) is 0 Å². The van der Waals surface area contributed by atoms with Crippen LogP contribution in [0.3, 0.4) is 0 Å². The van der Waals surface area contributed by atoms with Gasteiger partial charge in [-0.05, 0) is 24.3 Å². The molecule has 0 spiro atoms. The maximum Gasteiger partial charge on any atom is 0.471 e. The molecule has 0 N–H and O–H groups in total. The molecule has 0 saturated carbocycles. The number of sulfone groups is 1. The van der Waals surface area contributed by atoms with E-state index in [4.69, 9.17) is 0 Å². The number of benzene rings is 1. The van der Waals surface area contributed by atoms with Crippen LogP contribution >= 0.6 is 0 Å². The SMILES string of the molecule is O=S(=O)(Cc1cn2cc(-c3noc(C(F)(F)F)n3)ccc2n1)c1ccccc1F. The van der Waals surface area contributed by atoms with Crippen molar-refractivity contribution in [3.63, 3.8) is 0 Å². The highest BCUT2D eigenvalue weighted by atomic mass is 32.2. The van der Waals surface area contributed by atoms with Crippen LogP contribution < -0.4 is 0 Å². The maximum absolute atomic E-state index is 13.8. The Hall–Kier alpha value is -3.28. The molecule has 3 heterocycles. The van der Waals surface area contributed by atoms with E-state index in [-0.39, 0.29) is 17.1 Å². The average Bonchev–Trinajstić information content (AvgIpc) is 3.27. The van der Waals surface area contributed by atoms with Gasteiger partial charge in [0.1, 0.15) is 16.4 Å². The summed E-state index contributed by atoms with van der Waals surface area (Å²) in [6.45, 7) is 0. The molecule has 4 aromatic rings. The standard InChI is InChI=1S/C17H10F4N4O3S/c18-12-3-1-2-4-13(12)29(26,27)9-11-8-25-7-10(5-6-14(25)22-11)15-23-16(28-24-15)17(19,20)21/h1-8H,9H2. The van der Waals surface area contributed by atoms with Crippen LogP contribution in [0.15, 0.2) is 58.2 Å². The monoisotopic (exact) mass is 426 g/mol. The van der Waals surface area contributed by atoms with Crippen LogP contribution in [0, 0.1) is 5.82 Å². The van der Waals surface area contributed by atoms with Crippen LogP contribution in [0.5, 0.6) is 0 Å². The summed E-state index contributed by atoms with van der Waals surface area (Å²) in [4.78, 5) is 7.01. The smallest absolute Gasteiger partial charge is 0.329 e. The molecule has 0 aliphatic heterocycles. The zero-order valence-electron chi connectivity index (χ0n) is 14.3. The summed E-state index contributed by atoms with van der Waals surface area (Å²) in [6, 6.07) is 7.87. The number of imidazole rings is 1.